The van der Waals surface area contributed by atoms with E-state index in [-0.39, 0.29) is 17.4 Å². The second-order valence-electron chi connectivity index (χ2n) is 8.14. The number of phenols is 1. The van der Waals surface area contributed by atoms with Gasteiger partial charge in [-0.1, -0.05) is 0 Å². The van der Waals surface area contributed by atoms with Crippen LogP contribution in [0.3, 0.4) is 0 Å². The van der Waals surface area contributed by atoms with Gasteiger partial charge in [-0.15, -0.1) is 0 Å². The zero-order valence-electron chi connectivity index (χ0n) is 16.5. The highest BCUT2D eigenvalue weighted by Gasteiger charge is 2.36. The molecule has 0 aliphatic carbocycles. The third-order valence-corrected chi connectivity index (χ3v) is 6.09. The highest BCUT2D eigenvalue weighted by atomic mass is 16.5. The molecule has 2 aromatic carbocycles. The number of aromatic hydroxyl groups is 1. The van der Waals surface area contributed by atoms with Gasteiger partial charge in [0.15, 0.2) is 0 Å². The van der Waals surface area contributed by atoms with Gasteiger partial charge in [0.2, 0.25) is 0 Å². The van der Waals surface area contributed by atoms with Gasteiger partial charge in [-0.2, -0.15) is 0 Å². The molecule has 0 radical (unpaired) electrons. The number of rotatable bonds is 3. The molecule has 1 N–H and O–H groups in total. The summed E-state index contributed by atoms with van der Waals surface area (Å²) in [6, 6.07) is 14.9. The van der Waals surface area contributed by atoms with Gasteiger partial charge in [0.25, 0.3) is 5.56 Å². The number of aromatic nitrogens is 1. The third kappa shape index (κ3) is 3.50. The lowest BCUT2D eigenvalue weighted by Gasteiger charge is -2.34. The number of ether oxygens (including phenoxy) is 1. The van der Waals surface area contributed by atoms with E-state index in [1.165, 1.54) is 6.07 Å². The number of phenolic OH excluding ortho intramolecular Hbond substituents is 1. The summed E-state index contributed by atoms with van der Waals surface area (Å²) in [4.78, 5) is 17.7. The summed E-state index contributed by atoms with van der Waals surface area (Å²) in [5, 5.41) is 10.9. The SMILES string of the molecule is CN1CCN2C[C@@H](Oc3ccc(-n4ccc5cc(O)ccc5c4=O)cc3)C[C@@H]2C1. The van der Waals surface area contributed by atoms with Crippen molar-refractivity contribution in [2.24, 2.45) is 0 Å². The van der Waals surface area contributed by atoms with Crippen molar-refractivity contribution in [2.75, 3.05) is 33.2 Å². The highest BCUT2D eigenvalue weighted by Crippen LogP contribution is 2.26. The summed E-state index contributed by atoms with van der Waals surface area (Å²) >= 11 is 0. The lowest BCUT2D eigenvalue weighted by atomic mass is 10.1. The predicted molar refractivity (Wildman–Crippen MR) is 113 cm³/mol. The summed E-state index contributed by atoms with van der Waals surface area (Å²) in [6.07, 6.45) is 3.02. The second kappa shape index (κ2) is 7.21. The Balaban J connectivity index is 1.33. The van der Waals surface area contributed by atoms with Gasteiger partial charge in [-0.25, -0.2) is 0 Å². The van der Waals surface area contributed by atoms with Crippen molar-refractivity contribution >= 4 is 10.8 Å². The Morgan fingerprint density at radius 3 is 2.69 bits per heavy atom. The number of pyridine rings is 1. The fourth-order valence-corrected chi connectivity index (χ4v) is 4.55. The first-order valence-corrected chi connectivity index (χ1v) is 10.1. The average molecular weight is 391 g/mol. The van der Waals surface area contributed by atoms with Crippen molar-refractivity contribution in [3.05, 3.63) is 65.1 Å². The normalized spacial score (nSPS) is 22.7. The Kier molecular flexibility index (Phi) is 4.53. The lowest BCUT2D eigenvalue weighted by Crippen LogP contribution is -2.48. The molecule has 0 amide bonds. The summed E-state index contributed by atoms with van der Waals surface area (Å²) in [6.45, 7) is 4.33. The molecule has 2 aliphatic rings. The molecule has 2 saturated heterocycles. The molecule has 3 heterocycles. The molecule has 6 nitrogen and oxygen atoms in total. The molecule has 1 aromatic heterocycles. The molecule has 0 bridgehead atoms. The maximum absolute atomic E-state index is 12.8. The molecule has 2 aliphatic heterocycles. The number of hydrogen-bond acceptors (Lipinski definition) is 5. The van der Waals surface area contributed by atoms with Gasteiger partial charge >= 0.3 is 0 Å². The predicted octanol–water partition coefficient (Wildman–Crippen LogP) is 2.46. The van der Waals surface area contributed by atoms with Crippen LogP contribution in [0.2, 0.25) is 0 Å². The molecule has 29 heavy (non-hydrogen) atoms. The first-order chi connectivity index (χ1) is 14.1. The third-order valence-electron chi connectivity index (χ3n) is 6.09. The minimum atomic E-state index is -0.104. The number of likely N-dealkylation sites (N-methyl/N-ethyl adjacent to an activating group) is 1. The van der Waals surface area contributed by atoms with E-state index in [4.69, 9.17) is 4.74 Å². The van der Waals surface area contributed by atoms with Gasteiger partial charge < -0.3 is 14.7 Å². The van der Waals surface area contributed by atoms with E-state index in [1.54, 1.807) is 22.9 Å². The van der Waals surface area contributed by atoms with Gasteiger partial charge in [-0.3, -0.25) is 14.3 Å². The maximum atomic E-state index is 12.8. The Bertz CT molecular complexity index is 1090. The molecular formula is C23H25N3O3. The topological polar surface area (TPSA) is 57.9 Å². The fourth-order valence-electron chi connectivity index (χ4n) is 4.55. The quantitative estimate of drug-likeness (QED) is 0.743. The minimum absolute atomic E-state index is 0.104. The summed E-state index contributed by atoms with van der Waals surface area (Å²) in [7, 11) is 2.18. The van der Waals surface area contributed by atoms with Crippen molar-refractivity contribution in [2.45, 2.75) is 18.6 Å². The van der Waals surface area contributed by atoms with Gasteiger partial charge in [0.1, 0.15) is 17.6 Å². The van der Waals surface area contributed by atoms with Crippen LogP contribution in [-0.4, -0.2) is 64.8 Å². The summed E-state index contributed by atoms with van der Waals surface area (Å²) in [5.41, 5.74) is 0.691. The lowest BCUT2D eigenvalue weighted by molar-refractivity contribution is 0.122. The number of hydrogen-bond donors (Lipinski definition) is 1. The van der Waals surface area contributed by atoms with Crippen molar-refractivity contribution in [3.63, 3.8) is 0 Å². The second-order valence-corrected chi connectivity index (χ2v) is 8.14. The first kappa shape index (κ1) is 18.2. The maximum Gasteiger partial charge on any atom is 0.262 e. The van der Waals surface area contributed by atoms with E-state index in [0.717, 1.165) is 49.4 Å². The van der Waals surface area contributed by atoms with Gasteiger partial charge in [0, 0.05) is 55.9 Å². The van der Waals surface area contributed by atoms with Crippen molar-refractivity contribution < 1.29 is 9.84 Å². The minimum Gasteiger partial charge on any atom is -0.508 e. The van der Waals surface area contributed by atoms with Crippen LogP contribution in [0, 0.1) is 0 Å². The molecule has 0 unspecified atom stereocenters. The van der Waals surface area contributed by atoms with Crippen LogP contribution < -0.4 is 10.3 Å². The van der Waals surface area contributed by atoms with Crippen LogP contribution in [0.15, 0.2) is 59.5 Å². The van der Waals surface area contributed by atoms with Crippen LogP contribution in [-0.2, 0) is 0 Å². The van der Waals surface area contributed by atoms with Crippen molar-refractivity contribution in [3.8, 4) is 17.2 Å². The number of piperazine rings is 1. The molecule has 2 fully saturated rings. The van der Waals surface area contributed by atoms with Crippen LogP contribution in [0.25, 0.3) is 16.5 Å². The van der Waals surface area contributed by atoms with Gasteiger partial charge in [-0.05, 0) is 61.0 Å². The van der Waals surface area contributed by atoms with E-state index in [2.05, 4.69) is 16.8 Å². The summed E-state index contributed by atoms with van der Waals surface area (Å²) < 4.78 is 7.85. The Hall–Kier alpha value is -2.83. The molecule has 150 valence electrons. The Morgan fingerprint density at radius 1 is 1.03 bits per heavy atom. The molecule has 5 rings (SSSR count). The fraction of sp³-hybridized carbons (Fsp3) is 0.348. The van der Waals surface area contributed by atoms with E-state index < -0.39 is 0 Å². The monoisotopic (exact) mass is 391 g/mol. The standard InChI is InChI=1S/C23H25N3O3/c1-24-10-11-25-15-21(13-18(25)14-24)29-20-5-2-17(3-6-20)26-9-8-16-12-19(27)4-7-22(16)23(26)28/h2-9,12,18,21,27H,10-11,13-15H2,1H3/t18-,21+/m1/s1. The summed E-state index contributed by atoms with van der Waals surface area (Å²) in [5.74, 6) is 0.997. The number of fused-ring (bicyclic) bond motifs is 2. The molecule has 6 heteroatoms. The number of benzene rings is 2. The van der Waals surface area contributed by atoms with E-state index >= 15 is 0 Å². The Morgan fingerprint density at radius 2 is 1.86 bits per heavy atom. The molecule has 2 atom stereocenters. The van der Waals surface area contributed by atoms with Gasteiger partial charge in [0.05, 0.1) is 0 Å². The van der Waals surface area contributed by atoms with Crippen LogP contribution in [0.1, 0.15) is 6.42 Å². The molecule has 0 spiro atoms. The van der Waals surface area contributed by atoms with E-state index in [1.807, 2.05) is 30.3 Å². The van der Waals surface area contributed by atoms with Crippen LogP contribution in [0.5, 0.6) is 11.5 Å². The molecular weight excluding hydrogens is 366 g/mol. The zero-order valence-corrected chi connectivity index (χ0v) is 16.5. The average Bonchev–Trinajstić information content (AvgIpc) is 3.10. The highest BCUT2D eigenvalue weighted by molar-refractivity contribution is 5.83. The Labute approximate surface area is 169 Å². The van der Waals surface area contributed by atoms with Crippen molar-refractivity contribution in [1.82, 2.24) is 14.4 Å². The zero-order chi connectivity index (χ0) is 20.0. The largest absolute Gasteiger partial charge is 0.508 e. The first-order valence-electron chi connectivity index (χ1n) is 10.1. The van der Waals surface area contributed by atoms with Crippen molar-refractivity contribution in [1.29, 1.82) is 0 Å². The smallest absolute Gasteiger partial charge is 0.262 e. The molecule has 0 saturated carbocycles. The van der Waals surface area contributed by atoms with E-state index in [9.17, 15) is 9.90 Å². The molecule has 3 aromatic rings. The number of nitrogens with zero attached hydrogens (tertiary/aromatic N) is 3. The van der Waals surface area contributed by atoms with Crippen LogP contribution in [0.4, 0.5) is 0 Å². The van der Waals surface area contributed by atoms with E-state index in [0.29, 0.717) is 11.4 Å². The van der Waals surface area contributed by atoms with Crippen LogP contribution >= 0.6 is 0 Å².